The van der Waals surface area contributed by atoms with Gasteiger partial charge in [-0.15, -0.1) is 0 Å². The van der Waals surface area contributed by atoms with Gasteiger partial charge in [0, 0.05) is 5.56 Å². The number of nitrogens with zero attached hydrogens (tertiary/aromatic N) is 1. The van der Waals surface area contributed by atoms with Gasteiger partial charge in [0.1, 0.15) is 5.76 Å². The van der Waals surface area contributed by atoms with E-state index >= 15 is 0 Å². The summed E-state index contributed by atoms with van der Waals surface area (Å²) in [6.07, 6.45) is 0. The van der Waals surface area contributed by atoms with Crippen molar-refractivity contribution in [1.82, 2.24) is 0 Å². The van der Waals surface area contributed by atoms with Gasteiger partial charge in [0.05, 0.1) is 0 Å². The van der Waals surface area contributed by atoms with Gasteiger partial charge in [-0.3, -0.25) is 0 Å². The maximum atomic E-state index is 8.88. The van der Waals surface area contributed by atoms with Crippen molar-refractivity contribution in [2.75, 3.05) is 0 Å². The summed E-state index contributed by atoms with van der Waals surface area (Å²) in [5, 5.41) is 17.1. The third kappa shape index (κ3) is 1.24. The zero-order valence-corrected chi connectivity index (χ0v) is 5.28. The number of aliphatic hydroxyl groups excluding tert-OH is 1. The van der Waals surface area contributed by atoms with Crippen LogP contribution in [-0.2, 0) is 0 Å². The van der Waals surface area contributed by atoms with Crippen LogP contribution in [0.15, 0.2) is 30.3 Å². The molecule has 0 aliphatic carbocycles. The van der Waals surface area contributed by atoms with Gasteiger partial charge in [0.15, 0.2) is 0 Å². The average molecular weight is 132 g/mol. The van der Waals surface area contributed by atoms with Gasteiger partial charge in [-0.2, -0.15) is 0 Å². The largest absolute Gasteiger partial charge is 0.760 e. The second-order valence-corrected chi connectivity index (χ2v) is 1.83. The van der Waals surface area contributed by atoms with Gasteiger partial charge in [-0.05, 0) is 0 Å². The molecular formula is C8H6NO-. The normalized spacial score (nSPS) is 8.40. The molecule has 0 spiro atoms. The van der Waals surface area contributed by atoms with Crippen LogP contribution in [0.3, 0.4) is 0 Å². The van der Waals surface area contributed by atoms with E-state index in [1.54, 1.807) is 30.1 Å². The molecule has 2 nitrogen and oxygen atoms in total. The lowest BCUT2D eigenvalue weighted by Crippen LogP contribution is -1.79. The summed E-state index contributed by atoms with van der Waals surface area (Å²) >= 11 is 0. The number of benzene rings is 1. The van der Waals surface area contributed by atoms with Gasteiger partial charge in [0.25, 0.3) is 0 Å². The molecule has 0 aromatic heterocycles. The van der Waals surface area contributed by atoms with Crippen molar-refractivity contribution in [3.8, 4) is 0 Å². The van der Waals surface area contributed by atoms with Crippen LogP contribution in [0.25, 0.3) is 11.2 Å². The summed E-state index contributed by atoms with van der Waals surface area (Å²) in [6.45, 7) is 0. The summed E-state index contributed by atoms with van der Waals surface area (Å²) < 4.78 is 0. The number of hydrogen-bond acceptors (Lipinski definition) is 1. The molecule has 1 N–H and O–H groups in total. The first-order chi connectivity index (χ1) is 4.84. The molecule has 0 saturated heterocycles. The fourth-order valence-electron chi connectivity index (χ4n) is 0.661. The molecule has 50 valence electrons. The Morgan fingerprint density at radius 2 is 1.90 bits per heavy atom. The fourth-order valence-corrected chi connectivity index (χ4v) is 0.661. The summed E-state index contributed by atoms with van der Waals surface area (Å²) in [7, 11) is 0. The third-order valence-corrected chi connectivity index (χ3v) is 1.15. The standard InChI is InChI=1S/C8H6NO/c9-6-8(10)7-4-2-1-3-5-7/h1-5,10H/q-1. The van der Waals surface area contributed by atoms with Crippen molar-refractivity contribution < 1.29 is 5.11 Å². The maximum Gasteiger partial charge on any atom is 0.143 e. The predicted molar refractivity (Wildman–Crippen MR) is 40.8 cm³/mol. The minimum Gasteiger partial charge on any atom is -0.760 e. The highest BCUT2D eigenvalue weighted by Gasteiger charge is 1.90. The van der Waals surface area contributed by atoms with Gasteiger partial charge in [-0.25, -0.2) is 5.87 Å². The molecule has 1 aromatic rings. The van der Waals surface area contributed by atoms with E-state index in [1.165, 1.54) is 0 Å². The minimum absolute atomic E-state index is 0.236. The van der Waals surface area contributed by atoms with Gasteiger partial charge in [0.2, 0.25) is 0 Å². The lowest BCUT2D eigenvalue weighted by molar-refractivity contribution is 0.518. The van der Waals surface area contributed by atoms with E-state index in [1.807, 2.05) is 6.07 Å². The molecule has 0 amide bonds. The summed E-state index contributed by atoms with van der Waals surface area (Å²) in [6, 6.07) is 8.72. The molecule has 0 radical (unpaired) electrons. The van der Waals surface area contributed by atoms with Crippen molar-refractivity contribution in [3.05, 3.63) is 41.3 Å². The number of aliphatic hydroxyl groups is 1. The molecule has 0 saturated carbocycles. The Morgan fingerprint density at radius 1 is 1.30 bits per heavy atom. The Morgan fingerprint density at radius 3 is 2.40 bits per heavy atom. The highest BCUT2D eigenvalue weighted by molar-refractivity contribution is 5.86. The Bertz CT molecular complexity index is 260. The van der Waals surface area contributed by atoms with Crippen LogP contribution in [0.5, 0.6) is 0 Å². The van der Waals surface area contributed by atoms with Crippen LogP contribution < -0.4 is 0 Å². The highest BCUT2D eigenvalue weighted by atomic mass is 16.3. The quantitative estimate of drug-likeness (QED) is 0.459. The van der Waals surface area contributed by atoms with Crippen LogP contribution in [0.2, 0.25) is 0 Å². The topological polar surface area (TPSA) is 42.5 Å². The fraction of sp³-hybridized carbons (Fsp3) is 0. The SMILES string of the molecule is [N-]=C=C(O)c1ccccc1. The first-order valence-electron chi connectivity index (χ1n) is 2.86. The van der Waals surface area contributed by atoms with Gasteiger partial charge in [-0.1, -0.05) is 30.3 Å². The van der Waals surface area contributed by atoms with E-state index in [2.05, 4.69) is 0 Å². The van der Waals surface area contributed by atoms with E-state index in [-0.39, 0.29) is 5.76 Å². The minimum atomic E-state index is -0.236. The molecule has 1 rings (SSSR count). The van der Waals surface area contributed by atoms with E-state index in [0.29, 0.717) is 5.56 Å². The van der Waals surface area contributed by atoms with Crippen LogP contribution in [0.4, 0.5) is 0 Å². The van der Waals surface area contributed by atoms with Crippen molar-refractivity contribution in [1.29, 1.82) is 0 Å². The Kier molecular flexibility index (Phi) is 1.88. The molecule has 0 aliphatic rings. The van der Waals surface area contributed by atoms with Crippen LogP contribution in [-0.4, -0.2) is 11.0 Å². The maximum absolute atomic E-state index is 8.88. The molecule has 0 heterocycles. The monoisotopic (exact) mass is 132 g/mol. The molecule has 0 atom stereocenters. The smallest absolute Gasteiger partial charge is 0.143 e. The molecular weight excluding hydrogens is 126 g/mol. The van der Waals surface area contributed by atoms with Crippen molar-refractivity contribution in [2.24, 2.45) is 0 Å². The molecule has 2 heteroatoms. The van der Waals surface area contributed by atoms with Crippen molar-refractivity contribution in [2.45, 2.75) is 0 Å². The summed E-state index contributed by atoms with van der Waals surface area (Å²) in [5.41, 5.74) is 0.560. The second kappa shape index (κ2) is 2.85. The predicted octanol–water partition coefficient (Wildman–Crippen LogP) is 1.82. The highest BCUT2D eigenvalue weighted by Crippen LogP contribution is 2.05. The van der Waals surface area contributed by atoms with E-state index in [9.17, 15) is 0 Å². The second-order valence-electron chi connectivity index (χ2n) is 1.83. The Balaban J connectivity index is 3.08. The Labute approximate surface area is 59.0 Å². The van der Waals surface area contributed by atoms with E-state index in [4.69, 9.17) is 10.5 Å². The third-order valence-electron chi connectivity index (χ3n) is 1.15. The molecule has 1 aromatic carbocycles. The van der Waals surface area contributed by atoms with Crippen LogP contribution in [0, 0.1) is 0 Å². The Hall–Kier alpha value is -1.53. The molecule has 0 aliphatic heterocycles. The van der Waals surface area contributed by atoms with E-state index < -0.39 is 0 Å². The summed E-state index contributed by atoms with van der Waals surface area (Å²) in [5.74, 6) is 1.42. The van der Waals surface area contributed by atoms with Gasteiger partial charge < -0.3 is 10.5 Å². The van der Waals surface area contributed by atoms with Gasteiger partial charge >= 0.3 is 0 Å². The van der Waals surface area contributed by atoms with Crippen molar-refractivity contribution in [3.63, 3.8) is 0 Å². The lowest BCUT2D eigenvalue weighted by atomic mass is 10.2. The zero-order chi connectivity index (χ0) is 7.40. The van der Waals surface area contributed by atoms with Crippen molar-refractivity contribution >= 4 is 11.6 Å². The number of hydrogen-bond donors (Lipinski definition) is 1. The van der Waals surface area contributed by atoms with Crippen LogP contribution >= 0.6 is 0 Å². The summed E-state index contributed by atoms with van der Waals surface area (Å²) in [4.78, 5) is 0. The molecule has 0 fully saturated rings. The average Bonchev–Trinajstić information content (AvgIpc) is 2.05. The van der Waals surface area contributed by atoms with Crippen LogP contribution in [0.1, 0.15) is 5.56 Å². The zero-order valence-electron chi connectivity index (χ0n) is 5.28. The molecule has 10 heavy (non-hydrogen) atoms. The van der Waals surface area contributed by atoms with E-state index in [0.717, 1.165) is 0 Å². The molecule has 0 bridgehead atoms. The molecule has 0 unspecified atom stereocenters. The lowest BCUT2D eigenvalue weighted by Gasteiger charge is -1.95. The first kappa shape index (κ1) is 6.59. The first-order valence-corrected chi connectivity index (χ1v) is 2.86. The number of rotatable bonds is 1.